The summed E-state index contributed by atoms with van der Waals surface area (Å²) in [7, 11) is 0. The van der Waals surface area contributed by atoms with Crippen molar-refractivity contribution in [2.24, 2.45) is 0 Å². The Labute approximate surface area is 84.3 Å². The summed E-state index contributed by atoms with van der Waals surface area (Å²) in [4.78, 5) is 0. The number of benzene rings is 1. The first-order valence-corrected chi connectivity index (χ1v) is 4.83. The van der Waals surface area contributed by atoms with E-state index < -0.39 is 0 Å². The maximum atomic E-state index is 5.63. The van der Waals surface area contributed by atoms with Gasteiger partial charge in [-0.25, -0.2) is 0 Å². The van der Waals surface area contributed by atoms with Crippen molar-refractivity contribution in [2.75, 3.05) is 12.3 Å². The fourth-order valence-corrected chi connectivity index (χ4v) is 1.66. The van der Waals surface area contributed by atoms with Gasteiger partial charge in [-0.05, 0) is 24.6 Å². The maximum absolute atomic E-state index is 5.63. The molecule has 1 aromatic rings. The van der Waals surface area contributed by atoms with E-state index in [0.717, 1.165) is 17.8 Å². The number of hydrogen-bond acceptors (Lipinski definition) is 3. The zero-order valence-corrected chi connectivity index (χ0v) is 8.23. The number of nitrogen functional groups attached to an aromatic ring is 1. The Balaban J connectivity index is 2.16. The predicted octanol–water partition coefficient (Wildman–Crippen LogP) is 1.48. The van der Waals surface area contributed by atoms with Crippen molar-refractivity contribution in [2.45, 2.75) is 19.1 Å². The van der Waals surface area contributed by atoms with Gasteiger partial charge in [-0.1, -0.05) is 12.1 Å². The smallest absolute Gasteiger partial charge is 0.0982 e. The highest BCUT2D eigenvalue weighted by atomic mass is 16.5. The summed E-state index contributed by atoms with van der Waals surface area (Å²) in [5.74, 6) is 0. The van der Waals surface area contributed by atoms with Crippen molar-refractivity contribution in [1.82, 2.24) is 5.32 Å². The van der Waals surface area contributed by atoms with Crippen molar-refractivity contribution in [3.8, 4) is 0 Å². The summed E-state index contributed by atoms with van der Waals surface area (Å²) < 4.78 is 5.59. The lowest BCUT2D eigenvalue weighted by Gasteiger charge is -2.30. The second-order valence-electron chi connectivity index (χ2n) is 3.59. The second kappa shape index (κ2) is 3.98. The highest BCUT2D eigenvalue weighted by Gasteiger charge is 2.23. The van der Waals surface area contributed by atoms with Gasteiger partial charge in [-0.15, -0.1) is 0 Å². The molecule has 1 fully saturated rings. The molecule has 3 heteroatoms. The Morgan fingerprint density at radius 2 is 2.07 bits per heavy atom. The number of anilines is 1. The van der Waals surface area contributed by atoms with Gasteiger partial charge in [-0.2, -0.15) is 0 Å². The van der Waals surface area contributed by atoms with Crippen LogP contribution in [0.15, 0.2) is 24.3 Å². The minimum absolute atomic E-state index is 0.101. The Morgan fingerprint density at radius 3 is 2.71 bits per heavy atom. The van der Waals surface area contributed by atoms with Gasteiger partial charge in [0.05, 0.1) is 12.7 Å². The molecule has 1 saturated heterocycles. The third-order valence-corrected chi connectivity index (χ3v) is 2.49. The standard InChI is InChI=1S/C11H15N2O/c1-8-11(14-7-6-13-8)9-2-4-10(12)5-3-9/h2-5,7-8,11,13H,6,12H2,1H3. The number of rotatable bonds is 1. The molecule has 1 aliphatic heterocycles. The monoisotopic (exact) mass is 191 g/mol. The van der Waals surface area contributed by atoms with E-state index in [4.69, 9.17) is 10.5 Å². The first-order chi connectivity index (χ1) is 6.77. The molecule has 0 spiro atoms. The molecule has 1 aliphatic rings. The first kappa shape index (κ1) is 9.49. The Morgan fingerprint density at radius 1 is 1.36 bits per heavy atom. The van der Waals surface area contributed by atoms with Crippen molar-refractivity contribution >= 4 is 5.69 Å². The second-order valence-corrected chi connectivity index (χ2v) is 3.59. The number of nitrogens with two attached hydrogens (primary N) is 1. The molecule has 1 radical (unpaired) electrons. The SMILES string of the molecule is CC1NC[CH]OC1c1ccc(N)cc1. The highest BCUT2D eigenvalue weighted by molar-refractivity contribution is 5.40. The fraction of sp³-hybridized carbons (Fsp3) is 0.364. The van der Waals surface area contributed by atoms with Gasteiger partial charge >= 0.3 is 0 Å². The molecule has 0 amide bonds. The first-order valence-electron chi connectivity index (χ1n) is 4.83. The van der Waals surface area contributed by atoms with E-state index in [1.165, 1.54) is 0 Å². The molecular weight excluding hydrogens is 176 g/mol. The molecule has 1 heterocycles. The van der Waals surface area contributed by atoms with Crippen molar-refractivity contribution in [3.63, 3.8) is 0 Å². The normalized spacial score (nSPS) is 27.5. The van der Waals surface area contributed by atoms with Gasteiger partial charge in [-0.3, -0.25) is 0 Å². The van der Waals surface area contributed by atoms with Crippen LogP contribution in [-0.4, -0.2) is 12.6 Å². The van der Waals surface area contributed by atoms with Crippen LogP contribution < -0.4 is 11.1 Å². The van der Waals surface area contributed by atoms with E-state index >= 15 is 0 Å². The molecule has 75 valence electrons. The number of morpholine rings is 1. The summed E-state index contributed by atoms with van der Waals surface area (Å²) in [6.45, 7) is 4.74. The summed E-state index contributed by atoms with van der Waals surface area (Å²) in [6, 6.07) is 8.16. The Kier molecular flexibility index (Phi) is 2.70. The van der Waals surface area contributed by atoms with Crippen molar-refractivity contribution in [3.05, 3.63) is 36.4 Å². The molecule has 3 nitrogen and oxygen atoms in total. The van der Waals surface area contributed by atoms with Gasteiger partial charge in [0.1, 0.15) is 0 Å². The summed E-state index contributed by atoms with van der Waals surface area (Å²) >= 11 is 0. The summed E-state index contributed by atoms with van der Waals surface area (Å²) in [5.41, 5.74) is 7.58. The molecule has 3 N–H and O–H groups in total. The molecule has 0 aliphatic carbocycles. The van der Waals surface area contributed by atoms with Crippen LogP contribution in [0, 0.1) is 6.61 Å². The highest BCUT2D eigenvalue weighted by Crippen LogP contribution is 2.25. The molecule has 2 atom stereocenters. The van der Waals surface area contributed by atoms with Gasteiger partial charge in [0.25, 0.3) is 0 Å². The van der Waals surface area contributed by atoms with E-state index in [9.17, 15) is 0 Å². The van der Waals surface area contributed by atoms with E-state index in [2.05, 4.69) is 12.2 Å². The zero-order valence-electron chi connectivity index (χ0n) is 8.23. The van der Waals surface area contributed by atoms with E-state index in [-0.39, 0.29) is 6.10 Å². The molecule has 0 bridgehead atoms. The van der Waals surface area contributed by atoms with Crippen LogP contribution in [0.2, 0.25) is 0 Å². The molecular formula is C11H15N2O. The summed E-state index contributed by atoms with van der Waals surface area (Å²) in [5, 5.41) is 3.33. The van der Waals surface area contributed by atoms with Gasteiger partial charge in [0, 0.05) is 18.3 Å². The van der Waals surface area contributed by atoms with Crippen LogP contribution in [0.5, 0.6) is 0 Å². The van der Waals surface area contributed by atoms with Crippen LogP contribution >= 0.6 is 0 Å². The number of nitrogens with one attached hydrogen (secondary N) is 1. The molecule has 2 unspecified atom stereocenters. The maximum Gasteiger partial charge on any atom is 0.0982 e. The largest absolute Gasteiger partial charge is 0.399 e. The number of ether oxygens (including phenoxy) is 1. The van der Waals surface area contributed by atoms with Crippen LogP contribution in [0.1, 0.15) is 18.6 Å². The minimum Gasteiger partial charge on any atom is -0.399 e. The molecule has 0 saturated carbocycles. The van der Waals surface area contributed by atoms with Crippen LogP contribution in [0.25, 0.3) is 0 Å². The third kappa shape index (κ3) is 1.89. The third-order valence-electron chi connectivity index (χ3n) is 2.49. The Bertz CT molecular complexity index is 297. The van der Waals surface area contributed by atoms with Gasteiger partial charge in [0.2, 0.25) is 0 Å². The van der Waals surface area contributed by atoms with Crippen LogP contribution in [-0.2, 0) is 4.74 Å². The topological polar surface area (TPSA) is 47.3 Å². The van der Waals surface area contributed by atoms with E-state index in [0.29, 0.717) is 6.04 Å². The zero-order chi connectivity index (χ0) is 9.97. The number of hydrogen-bond donors (Lipinski definition) is 2. The fourth-order valence-electron chi connectivity index (χ4n) is 1.66. The Hall–Kier alpha value is -1.06. The molecule has 0 aromatic heterocycles. The van der Waals surface area contributed by atoms with Gasteiger partial charge < -0.3 is 15.8 Å². The average molecular weight is 191 g/mol. The lowest BCUT2D eigenvalue weighted by atomic mass is 10.0. The lowest BCUT2D eigenvalue weighted by molar-refractivity contribution is 0.0448. The molecule has 2 rings (SSSR count). The van der Waals surface area contributed by atoms with Crippen LogP contribution in [0.3, 0.4) is 0 Å². The lowest BCUT2D eigenvalue weighted by Crippen LogP contribution is -2.39. The van der Waals surface area contributed by atoms with E-state index in [1.807, 2.05) is 24.3 Å². The van der Waals surface area contributed by atoms with Gasteiger partial charge in [0.15, 0.2) is 0 Å². The minimum atomic E-state index is 0.101. The summed E-state index contributed by atoms with van der Waals surface area (Å²) in [6.07, 6.45) is 0.101. The molecule has 1 aromatic carbocycles. The van der Waals surface area contributed by atoms with E-state index in [1.54, 1.807) is 6.61 Å². The molecule has 14 heavy (non-hydrogen) atoms. The quantitative estimate of drug-likeness (QED) is 0.661. The van der Waals surface area contributed by atoms with Crippen LogP contribution in [0.4, 0.5) is 5.69 Å². The predicted molar refractivity (Wildman–Crippen MR) is 56.4 cm³/mol. The average Bonchev–Trinajstić information content (AvgIpc) is 2.20. The van der Waals surface area contributed by atoms with Crippen molar-refractivity contribution in [1.29, 1.82) is 0 Å². The van der Waals surface area contributed by atoms with Crippen molar-refractivity contribution < 1.29 is 4.74 Å².